The summed E-state index contributed by atoms with van der Waals surface area (Å²) in [6.45, 7) is 0. The van der Waals surface area contributed by atoms with Crippen LogP contribution in [0.3, 0.4) is 0 Å². The number of aryl methyl sites for hydroxylation is 2. The molecule has 0 atom stereocenters. The minimum Gasteiger partial charge on any atom is -0.393 e. The highest BCUT2D eigenvalue weighted by atomic mass is 35.5. The van der Waals surface area contributed by atoms with Crippen LogP contribution >= 0.6 is 34.8 Å². The monoisotopic (exact) mass is 1160 g/mol. The number of aromatic amines is 1. The molecule has 82 heavy (non-hydrogen) atoms. The van der Waals surface area contributed by atoms with Gasteiger partial charge in [0.15, 0.2) is 0 Å². The first-order valence-electron chi connectivity index (χ1n) is 26.2. The van der Waals surface area contributed by atoms with Gasteiger partial charge in [-0.3, -0.25) is 0 Å². The average molecular weight is 1170 g/mol. The number of nitrogens with zero attached hydrogens (tertiary/aromatic N) is 11. The van der Waals surface area contributed by atoms with E-state index in [0.717, 1.165) is 75.7 Å². The number of H-pyrrole nitrogens is 1. The minimum atomic E-state index is -3.72. The zero-order valence-corrected chi connectivity index (χ0v) is 47.3. The van der Waals surface area contributed by atoms with Gasteiger partial charge in [-0.15, -0.1) is 0 Å². The van der Waals surface area contributed by atoms with Crippen LogP contribution in [-0.2, 0) is 24.1 Å². The van der Waals surface area contributed by atoms with Gasteiger partial charge >= 0.3 is 0 Å². The first-order valence-corrected chi connectivity index (χ1v) is 28.7. The summed E-state index contributed by atoms with van der Waals surface area (Å²) in [4.78, 5) is 36.8. The summed E-state index contributed by atoms with van der Waals surface area (Å²) < 4.78 is 31.6. The molecule has 0 amide bonds. The van der Waals surface area contributed by atoms with Gasteiger partial charge in [0.05, 0.1) is 39.3 Å². The smallest absolute Gasteiger partial charge is 0.268 e. The third kappa shape index (κ3) is 12.1. The number of hydrogen-bond donors (Lipinski definition) is 3. The third-order valence-electron chi connectivity index (χ3n) is 14.0. The molecule has 1 aliphatic carbocycles. The molecular weight excluding hydrogens is 1110 g/mol. The van der Waals surface area contributed by atoms with Crippen molar-refractivity contribution in [3.8, 4) is 45.0 Å². The number of hydrogen-bond acceptors (Lipinski definition) is 12. The Bertz CT molecular complexity index is 4480. The van der Waals surface area contributed by atoms with Crippen molar-refractivity contribution in [2.75, 3.05) is 5.32 Å². The zero-order chi connectivity index (χ0) is 56.7. The van der Waals surface area contributed by atoms with E-state index in [4.69, 9.17) is 39.8 Å². The molecule has 5 aromatic carbocycles. The number of anilines is 1. The summed E-state index contributed by atoms with van der Waals surface area (Å²) in [5.41, 5.74) is 11.1. The summed E-state index contributed by atoms with van der Waals surface area (Å²) in [5, 5.41) is 18.0. The number of aromatic nitrogens is 12. The number of aliphatic hydroxyl groups excluding tert-OH is 1. The van der Waals surface area contributed by atoms with E-state index < -0.39 is 10.0 Å². The Balaban J connectivity index is 0.000000117. The Kier molecular flexibility index (Phi) is 16.4. The zero-order valence-electron chi connectivity index (χ0n) is 44.3. The quantitative estimate of drug-likeness (QED) is 0.122. The molecule has 0 radical (unpaired) electrons. The van der Waals surface area contributed by atoms with Gasteiger partial charge in [-0.1, -0.05) is 91.0 Å². The molecule has 16 nitrogen and oxygen atoms in total. The lowest BCUT2D eigenvalue weighted by molar-refractivity contribution is 0.126. The van der Waals surface area contributed by atoms with Crippen LogP contribution < -0.4 is 5.32 Å². The van der Waals surface area contributed by atoms with E-state index in [1.165, 1.54) is 25.8 Å². The summed E-state index contributed by atoms with van der Waals surface area (Å²) in [6, 6.07) is 48.0. The average Bonchev–Trinajstić information content (AvgIpc) is 4.47. The maximum atomic E-state index is 13.1. The number of para-hydroxylation sites is 4. The molecule has 1 aliphatic rings. The van der Waals surface area contributed by atoms with E-state index in [1.807, 2.05) is 80.1 Å². The predicted molar refractivity (Wildman–Crippen MR) is 326 cm³/mol. The van der Waals surface area contributed by atoms with Crippen LogP contribution in [0.15, 0.2) is 206 Å². The van der Waals surface area contributed by atoms with Crippen molar-refractivity contribution in [3.05, 3.63) is 217 Å². The molecule has 0 unspecified atom stereocenters. The lowest BCUT2D eigenvalue weighted by Gasteiger charge is -2.26. The van der Waals surface area contributed by atoms with Gasteiger partial charge in [-0.25, -0.2) is 52.3 Å². The van der Waals surface area contributed by atoms with Crippen LogP contribution in [0, 0.1) is 0 Å². The van der Waals surface area contributed by atoms with Crippen molar-refractivity contribution in [1.29, 1.82) is 0 Å². The highest BCUT2D eigenvalue weighted by Crippen LogP contribution is 2.34. The minimum absolute atomic E-state index is 0.111. The van der Waals surface area contributed by atoms with Gasteiger partial charge in [0, 0.05) is 130 Å². The fourth-order valence-electron chi connectivity index (χ4n) is 10.1. The molecule has 0 aliphatic heterocycles. The van der Waals surface area contributed by atoms with Crippen LogP contribution in [0.25, 0.3) is 88.6 Å². The number of benzene rings is 5. The molecule has 410 valence electrons. The van der Waals surface area contributed by atoms with Crippen molar-refractivity contribution in [2.24, 2.45) is 14.1 Å². The molecule has 3 N–H and O–H groups in total. The molecule has 1 fully saturated rings. The number of halogens is 3. The topological polar surface area (TPSA) is 200 Å². The first-order chi connectivity index (χ1) is 39.9. The second kappa shape index (κ2) is 24.5. The second-order valence-corrected chi connectivity index (χ2v) is 22.1. The van der Waals surface area contributed by atoms with E-state index in [9.17, 15) is 13.5 Å². The second-order valence-electron chi connectivity index (χ2n) is 19.3. The molecule has 20 heteroatoms. The fourth-order valence-corrected chi connectivity index (χ4v) is 11.9. The Labute approximate surface area is 487 Å². The van der Waals surface area contributed by atoms with Crippen LogP contribution in [0.5, 0.6) is 0 Å². The molecule has 1 saturated carbocycles. The Hall–Kier alpha value is -8.84. The summed E-state index contributed by atoms with van der Waals surface area (Å²) in [6.07, 6.45) is 17.8. The number of aliphatic hydroxyl groups is 1. The molecule has 14 rings (SSSR count). The van der Waals surface area contributed by atoms with Crippen LogP contribution in [0.1, 0.15) is 25.7 Å². The standard InChI is InChI=1S/C19H22N4O.C18H12ClN3O2S.C13H10ClN3.C12H8ClN3/c1-23-12-16(15-4-2-3-5-18(15)23)17-10-11-20-19(22-17)21-13-6-8-14(24)9-7-13;19-18-20-11-10-16(21-18)15-12-22(17-9-5-4-8-14(15)17)25(23,24)13-6-2-1-3-7-13;1-17-8-10(9-4-2-3-5-12(9)17)11-6-7-15-13(14)16-11;13-12-14-6-5-11(16-12)9-7-15-10-4-2-1-3-8(9)10/h2-5,10-14,24H,6-9H2,1H3,(H,20,21,22);1-12H;2-8H,1H3;1-7,15H. The van der Waals surface area contributed by atoms with Gasteiger partial charge < -0.3 is 24.5 Å². The Morgan fingerprint density at radius 3 is 1.45 bits per heavy atom. The molecule has 8 aromatic heterocycles. The fraction of sp³-hybridized carbons (Fsp3) is 0.129. The normalized spacial score (nSPS) is 14.1. The molecule has 0 saturated heterocycles. The summed E-state index contributed by atoms with van der Waals surface area (Å²) in [7, 11) is 0.355. The van der Waals surface area contributed by atoms with Crippen molar-refractivity contribution < 1.29 is 13.5 Å². The third-order valence-corrected chi connectivity index (χ3v) is 16.3. The SMILES string of the molecule is Clc1nccc(-c2c[nH]c3ccccc23)n1.Cn1cc(-c2ccnc(Cl)n2)c2ccccc21.Cn1cc(-c2ccnc(NC3CCC(O)CC3)n2)c2ccccc21.O=S(=O)(c1ccccc1)n1cc(-c2ccnc(Cl)n2)c2ccccc21. The summed E-state index contributed by atoms with van der Waals surface area (Å²) in [5.74, 6) is 0.668. The lowest BCUT2D eigenvalue weighted by atomic mass is 9.93. The molecule has 0 bridgehead atoms. The largest absolute Gasteiger partial charge is 0.393 e. The van der Waals surface area contributed by atoms with Crippen LogP contribution in [-0.4, -0.2) is 83.6 Å². The highest BCUT2D eigenvalue weighted by molar-refractivity contribution is 7.90. The Morgan fingerprint density at radius 2 is 0.915 bits per heavy atom. The first kappa shape index (κ1) is 55.1. The molecular formula is C62H52Cl3N13O3S. The van der Waals surface area contributed by atoms with Crippen molar-refractivity contribution in [3.63, 3.8) is 0 Å². The van der Waals surface area contributed by atoms with Crippen molar-refractivity contribution >= 4 is 94.4 Å². The van der Waals surface area contributed by atoms with E-state index >= 15 is 0 Å². The highest BCUT2D eigenvalue weighted by Gasteiger charge is 2.23. The molecule has 13 aromatic rings. The molecule has 8 heterocycles. The van der Waals surface area contributed by atoms with E-state index in [2.05, 4.69) is 116 Å². The molecule has 0 spiro atoms. The van der Waals surface area contributed by atoms with E-state index in [1.54, 1.807) is 73.3 Å². The van der Waals surface area contributed by atoms with Gasteiger partial charge in [-0.05, 0) is 121 Å². The van der Waals surface area contributed by atoms with E-state index in [-0.39, 0.29) is 26.9 Å². The maximum Gasteiger partial charge on any atom is 0.268 e. The van der Waals surface area contributed by atoms with Crippen molar-refractivity contribution in [2.45, 2.75) is 42.7 Å². The number of nitrogens with one attached hydrogen (secondary N) is 2. The maximum absolute atomic E-state index is 13.1. The summed E-state index contributed by atoms with van der Waals surface area (Å²) >= 11 is 17.5. The van der Waals surface area contributed by atoms with Gasteiger partial charge in [0.1, 0.15) is 0 Å². The van der Waals surface area contributed by atoms with Gasteiger partial charge in [0.25, 0.3) is 10.0 Å². The predicted octanol–water partition coefficient (Wildman–Crippen LogP) is 13.9. The van der Waals surface area contributed by atoms with Crippen LogP contribution in [0.2, 0.25) is 15.9 Å². The van der Waals surface area contributed by atoms with E-state index in [0.29, 0.717) is 28.8 Å². The van der Waals surface area contributed by atoms with Crippen LogP contribution in [0.4, 0.5) is 5.95 Å². The van der Waals surface area contributed by atoms with Gasteiger partial charge in [-0.2, -0.15) is 0 Å². The lowest BCUT2D eigenvalue weighted by Crippen LogP contribution is -2.28. The Morgan fingerprint density at radius 1 is 0.488 bits per heavy atom. The number of rotatable bonds is 8. The van der Waals surface area contributed by atoms with Crippen molar-refractivity contribution in [1.82, 2.24) is 58.0 Å². The number of fused-ring (bicyclic) bond motifs is 4. The van der Waals surface area contributed by atoms with Gasteiger partial charge in [0.2, 0.25) is 21.8 Å².